The predicted molar refractivity (Wildman–Crippen MR) is 106 cm³/mol. The molecule has 0 radical (unpaired) electrons. The third-order valence-corrected chi connectivity index (χ3v) is 5.98. The summed E-state index contributed by atoms with van der Waals surface area (Å²) in [6, 6.07) is 7.94. The Balaban J connectivity index is 2.00. The average Bonchev–Trinajstić information content (AvgIpc) is 3.16. The predicted octanol–water partition coefficient (Wildman–Crippen LogP) is 2.51. The van der Waals surface area contributed by atoms with Crippen molar-refractivity contribution in [3.63, 3.8) is 0 Å². The number of hydrogen-bond acceptors (Lipinski definition) is 5. The summed E-state index contributed by atoms with van der Waals surface area (Å²) < 4.78 is 39.0. The molecule has 3 heterocycles. The van der Waals surface area contributed by atoms with Gasteiger partial charge in [-0.25, -0.2) is 17.3 Å². The van der Waals surface area contributed by atoms with Crippen molar-refractivity contribution < 1.29 is 17.6 Å². The highest BCUT2D eigenvalue weighted by Crippen LogP contribution is 2.42. The Labute approximate surface area is 168 Å². The quantitative estimate of drug-likeness (QED) is 0.655. The Morgan fingerprint density at radius 3 is 2.48 bits per heavy atom. The largest absolute Gasteiger partial charge is 0.310 e. The van der Waals surface area contributed by atoms with E-state index in [-0.39, 0.29) is 16.9 Å². The highest BCUT2D eigenvalue weighted by atomic mass is 32.2. The molecule has 0 fully saturated rings. The van der Waals surface area contributed by atoms with E-state index < -0.39 is 15.3 Å². The lowest BCUT2D eigenvalue weighted by molar-refractivity contribution is -0.116. The fraction of sp³-hybridized carbons (Fsp3) is 0.350. The molecule has 0 saturated heterocycles. The summed E-state index contributed by atoms with van der Waals surface area (Å²) in [7, 11) is -3.62. The molecule has 3 aromatic rings. The normalized spacial score (nSPS) is 15.7. The number of carbonyl (C=O) groups is 1. The second-order valence-electron chi connectivity index (χ2n) is 8.10. The van der Waals surface area contributed by atoms with E-state index in [0.29, 0.717) is 29.9 Å². The van der Waals surface area contributed by atoms with Crippen LogP contribution in [0.5, 0.6) is 0 Å². The van der Waals surface area contributed by atoms with Gasteiger partial charge in [-0.05, 0) is 23.8 Å². The Bertz CT molecular complexity index is 1250. The molecule has 152 valence electrons. The summed E-state index contributed by atoms with van der Waals surface area (Å²) in [6.07, 6.45) is 1.46. The molecule has 0 spiro atoms. The van der Waals surface area contributed by atoms with E-state index in [2.05, 4.69) is 10.1 Å². The maximum absolute atomic E-state index is 13.3. The number of rotatable bonds is 3. The lowest BCUT2D eigenvalue weighted by Crippen LogP contribution is -2.32. The molecule has 0 saturated carbocycles. The van der Waals surface area contributed by atoms with Gasteiger partial charge in [-0.1, -0.05) is 26.0 Å². The molecule has 2 aromatic heterocycles. The summed E-state index contributed by atoms with van der Waals surface area (Å²) >= 11 is 0. The summed E-state index contributed by atoms with van der Waals surface area (Å²) in [6.45, 7) is 5.92. The van der Waals surface area contributed by atoms with Crippen LogP contribution in [-0.2, 0) is 26.5 Å². The van der Waals surface area contributed by atoms with Crippen molar-refractivity contribution in [3.8, 4) is 0 Å². The van der Waals surface area contributed by atoms with Gasteiger partial charge in [0, 0.05) is 37.1 Å². The van der Waals surface area contributed by atoms with Crippen molar-refractivity contribution in [2.24, 2.45) is 0 Å². The van der Waals surface area contributed by atoms with Crippen molar-refractivity contribution in [1.29, 1.82) is 0 Å². The number of hydrogen-bond donors (Lipinski definition) is 0. The van der Waals surface area contributed by atoms with Crippen LogP contribution in [0.3, 0.4) is 0 Å². The van der Waals surface area contributed by atoms with Crippen molar-refractivity contribution in [1.82, 2.24) is 14.6 Å². The molecule has 1 amide bonds. The summed E-state index contributed by atoms with van der Waals surface area (Å²) in [5.74, 6) is -0.438. The molecular weight excluding hydrogens is 395 g/mol. The van der Waals surface area contributed by atoms with Crippen LogP contribution in [0.4, 0.5) is 10.1 Å². The topological polar surface area (TPSA) is 84.6 Å². The van der Waals surface area contributed by atoms with Crippen LogP contribution < -0.4 is 4.90 Å². The van der Waals surface area contributed by atoms with E-state index >= 15 is 0 Å². The molecular formula is C20H21FN4O3S. The van der Waals surface area contributed by atoms with Crippen LogP contribution in [0.1, 0.15) is 37.6 Å². The number of amides is 1. The van der Waals surface area contributed by atoms with E-state index in [1.165, 1.54) is 19.1 Å². The number of halogens is 1. The molecule has 0 atom stereocenters. The number of nitrogens with zero attached hydrogens (tertiary/aromatic N) is 4. The van der Waals surface area contributed by atoms with Crippen molar-refractivity contribution >= 4 is 27.1 Å². The van der Waals surface area contributed by atoms with Crippen LogP contribution in [-0.4, -0.2) is 41.7 Å². The average molecular weight is 416 g/mol. The molecule has 0 unspecified atom stereocenters. The second-order valence-corrected chi connectivity index (χ2v) is 10.0. The van der Waals surface area contributed by atoms with Crippen LogP contribution in [0.15, 0.2) is 35.5 Å². The van der Waals surface area contributed by atoms with Crippen molar-refractivity contribution in [3.05, 3.63) is 53.0 Å². The van der Waals surface area contributed by atoms with Gasteiger partial charge in [0.25, 0.3) is 5.16 Å². The first-order valence-electron chi connectivity index (χ1n) is 9.13. The monoisotopic (exact) mass is 416 g/mol. The lowest BCUT2D eigenvalue weighted by atomic mass is 9.90. The Morgan fingerprint density at radius 1 is 1.24 bits per heavy atom. The van der Waals surface area contributed by atoms with Gasteiger partial charge in [0.2, 0.25) is 15.7 Å². The first-order chi connectivity index (χ1) is 13.5. The maximum Gasteiger partial charge on any atom is 0.267 e. The van der Waals surface area contributed by atoms with Crippen LogP contribution in [0.25, 0.3) is 5.65 Å². The number of anilines is 1. The van der Waals surface area contributed by atoms with E-state index in [1.54, 1.807) is 21.5 Å². The minimum absolute atomic E-state index is 0.104. The maximum atomic E-state index is 13.3. The third-order valence-electron chi connectivity index (χ3n) is 5.15. The molecule has 7 nitrogen and oxygen atoms in total. The molecule has 0 aliphatic carbocycles. The SMILES string of the molecule is CC(=O)N1CC(C)(C)c2c1cc(Cc1ccc(F)cc1)c1nc(S(C)(=O)=O)nn21. The summed E-state index contributed by atoms with van der Waals surface area (Å²) in [4.78, 5) is 18.2. The van der Waals surface area contributed by atoms with Gasteiger partial charge in [-0.15, -0.1) is 5.10 Å². The molecule has 29 heavy (non-hydrogen) atoms. The van der Waals surface area contributed by atoms with Crippen LogP contribution in [0, 0.1) is 5.82 Å². The molecule has 9 heteroatoms. The summed E-state index contributed by atoms with van der Waals surface area (Å²) in [5.41, 5.74) is 2.97. The zero-order valence-corrected chi connectivity index (χ0v) is 17.4. The van der Waals surface area contributed by atoms with Crippen molar-refractivity contribution in [2.75, 3.05) is 17.7 Å². The minimum atomic E-state index is -3.62. The molecule has 4 rings (SSSR count). The molecule has 1 aliphatic heterocycles. The molecule has 1 aliphatic rings. The highest BCUT2D eigenvalue weighted by molar-refractivity contribution is 7.90. The molecule has 1 aromatic carbocycles. The zero-order valence-electron chi connectivity index (χ0n) is 16.6. The minimum Gasteiger partial charge on any atom is -0.310 e. The van der Waals surface area contributed by atoms with Gasteiger partial charge in [-0.2, -0.15) is 4.98 Å². The fourth-order valence-electron chi connectivity index (χ4n) is 3.85. The van der Waals surface area contributed by atoms with Crippen molar-refractivity contribution in [2.45, 2.75) is 37.8 Å². The summed E-state index contributed by atoms with van der Waals surface area (Å²) in [5, 5.41) is 4.02. The first kappa shape index (κ1) is 19.5. The fourth-order valence-corrected chi connectivity index (χ4v) is 4.33. The number of carbonyl (C=O) groups excluding carboxylic acids is 1. The van der Waals surface area contributed by atoms with Gasteiger partial charge in [0.1, 0.15) is 5.82 Å². The van der Waals surface area contributed by atoms with E-state index in [0.717, 1.165) is 17.5 Å². The third kappa shape index (κ3) is 3.29. The van der Waals surface area contributed by atoms with E-state index in [9.17, 15) is 17.6 Å². The second kappa shape index (κ2) is 6.35. The van der Waals surface area contributed by atoms with Gasteiger partial charge in [-0.3, -0.25) is 4.79 Å². The first-order valence-corrected chi connectivity index (χ1v) is 11.0. The lowest BCUT2D eigenvalue weighted by Gasteiger charge is -2.19. The van der Waals surface area contributed by atoms with Gasteiger partial charge in [0.15, 0.2) is 5.65 Å². The standard InChI is InChI=1S/C20H21FN4O3S/c1-12(26)24-11-20(2,3)17-16(24)10-14(9-13-5-7-15(21)8-6-13)18-22-19(23-25(17)18)29(4,27)28/h5-8,10H,9,11H2,1-4H3. The van der Waals surface area contributed by atoms with Crippen LogP contribution >= 0.6 is 0 Å². The number of aromatic nitrogens is 3. The number of benzene rings is 1. The number of pyridine rings is 1. The van der Waals surface area contributed by atoms with E-state index in [1.807, 2.05) is 19.9 Å². The Morgan fingerprint density at radius 2 is 1.90 bits per heavy atom. The smallest absolute Gasteiger partial charge is 0.267 e. The number of sulfone groups is 1. The Kier molecular flexibility index (Phi) is 4.27. The molecule has 0 bridgehead atoms. The molecule has 0 N–H and O–H groups in total. The number of fused-ring (bicyclic) bond motifs is 3. The van der Waals surface area contributed by atoms with Gasteiger partial charge < -0.3 is 4.90 Å². The van der Waals surface area contributed by atoms with Gasteiger partial charge in [0.05, 0.1) is 11.4 Å². The highest BCUT2D eigenvalue weighted by Gasteiger charge is 2.41. The van der Waals surface area contributed by atoms with Crippen LogP contribution in [0.2, 0.25) is 0 Å². The Hall–Kier alpha value is -2.81. The zero-order chi connectivity index (χ0) is 21.1. The van der Waals surface area contributed by atoms with Gasteiger partial charge >= 0.3 is 0 Å². The van der Waals surface area contributed by atoms with E-state index in [4.69, 9.17) is 0 Å².